The molecule has 0 aromatic heterocycles. The van der Waals surface area contributed by atoms with E-state index in [4.69, 9.17) is 4.74 Å². The molecule has 0 amide bonds. The summed E-state index contributed by atoms with van der Waals surface area (Å²) in [6.45, 7) is 0. The maximum Gasteiger partial charge on any atom is 0.164 e. The highest BCUT2D eigenvalue weighted by Crippen LogP contribution is 2.66. The summed E-state index contributed by atoms with van der Waals surface area (Å²) in [6.07, 6.45) is 7.16. The summed E-state index contributed by atoms with van der Waals surface area (Å²) in [6, 6.07) is 10.6. The summed E-state index contributed by atoms with van der Waals surface area (Å²) < 4.78 is 6.64. The normalized spacial score (nSPS) is 44.7. The van der Waals surface area contributed by atoms with Gasteiger partial charge in [-0.1, -0.05) is 42.1 Å². The molecule has 0 N–H and O–H groups in total. The van der Waals surface area contributed by atoms with Crippen LogP contribution in [0, 0.1) is 23.7 Å². The highest BCUT2D eigenvalue weighted by Gasteiger charge is 2.60. The highest BCUT2D eigenvalue weighted by atomic mass is 32.2. The smallest absolute Gasteiger partial charge is 0.164 e. The third-order valence-corrected chi connectivity index (χ3v) is 7.40. The molecule has 1 spiro atoms. The zero-order chi connectivity index (χ0) is 13.2. The van der Waals surface area contributed by atoms with Crippen molar-refractivity contribution in [3.8, 4) is 0 Å². The molecule has 1 aromatic carbocycles. The zero-order valence-corrected chi connectivity index (χ0v) is 12.4. The molecule has 0 atom stereocenters. The van der Waals surface area contributed by atoms with Crippen molar-refractivity contribution in [2.75, 3.05) is 0 Å². The van der Waals surface area contributed by atoms with Crippen LogP contribution >= 0.6 is 11.8 Å². The molecule has 1 aromatic rings. The SMILES string of the molecule is C1=C(c2ccccc2)OC2(S1)C1CC3CC(C1)CC2C3. The van der Waals surface area contributed by atoms with E-state index in [1.807, 2.05) is 11.8 Å². The molecular weight excluding hydrogens is 264 g/mol. The van der Waals surface area contributed by atoms with Crippen molar-refractivity contribution >= 4 is 17.5 Å². The van der Waals surface area contributed by atoms with Crippen LogP contribution in [0.15, 0.2) is 35.7 Å². The van der Waals surface area contributed by atoms with Crippen LogP contribution in [-0.4, -0.2) is 4.93 Å². The van der Waals surface area contributed by atoms with Crippen LogP contribution < -0.4 is 0 Å². The first kappa shape index (κ1) is 11.7. The largest absolute Gasteiger partial charge is 0.475 e. The first-order chi connectivity index (χ1) is 9.83. The molecule has 5 aliphatic rings. The predicted octanol–water partition coefficient (Wildman–Crippen LogP) is 4.90. The van der Waals surface area contributed by atoms with E-state index in [2.05, 4.69) is 35.7 Å². The number of benzene rings is 1. The molecule has 1 heterocycles. The van der Waals surface area contributed by atoms with Crippen molar-refractivity contribution in [2.24, 2.45) is 23.7 Å². The number of thioether (sulfide) groups is 1. The molecule has 104 valence electrons. The van der Waals surface area contributed by atoms with Gasteiger partial charge in [-0.15, -0.1) is 0 Å². The molecule has 4 fully saturated rings. The fraction of sp³-hybridized carbons (Fsp3) is 0.556. The fourth-order valence-electron chi connectivity index (χ4n) is 5.30. The van der Waals surface area contributed by atoms with Gasteiger partial charge in [0.25, 0.3) is 0 Å². The summed E-state index contributed by atoms with van der Waals surface area (Å²) in [4.78, 5) is 0.0958. The van der Waals surface area contributed by atoms with Crippen molar-refractivity contribution in [3.63, 3.8) is 0 Å². The summed E-state index contributed by atoms with van der Waals surface area (Å²) in [7, 11) is 0. The van der Waals surface area contributed by atoms with Gasteiger partial charge in [0.1, 0.15) is 5.76 Å². The van der Waals surface area contributed by atoms with Gasteiger partial charge in [0.05, 0.1) is 0 Å². The minimum atomic E-state index is 0.0958. The van der Waals surface area contributed by atoms with E-state index in [0.29, 0.717) is 0 Å². The monoisotopic (exact) mass is 284 g/mol. The van der Waals surface area contributed by atoms with Crippen LogP contribution in [-0.2, 0) is 4.74 Å². The summed E-state index contributed by atoms with van der Waals surface area (Å²) >= 11 is 2.00. The third-order valence-electron chi connectivity index (χ3n) is 5.95. The predicted molar refractivity (Wildman–Crippen MR) is 82.9 cm³/mol. The first-order valence-electron chi connectivity index (χ1n) is 7.96. The van der Waals surface area contributed by atoms with Crippen molar-refractivity contribution in [1.29, 1.82) is 0 Å². The molecule has 4 bridgehead atoms. The Morgan fingerprint density at radius 1 is 0.900 bits per heavy atom. The van der Waals surface area contributed by atoms with Gasteiger partial charge >= 0.3 is 0 Å². The molecule has 0 unspecified atom stereocenters. The van der Waals surface area contributed by atoms with E-state index in [-0.39, 0.29) is 4.93 Å². The molecule has 0 saturated heterocycles. The van der Waals surface area contributed by atoms with E-state index in [1.54, 1.807) is 0 Å². The molecule has 1 nitrogen and oxygen atoms in total. The Kier molecular flexibility index (Phi) is 2.39. The average Bonchev–Trinajstić information content (AvgIpc) is 2.91. The summed E-state index contributed by atoms with van der Waals surface area (Å²) in [5.41, 5.74) is 1.24. The van der Waals surface area contributed by atoms with Crippen LogP contribution in [0.2, 0.25) is 0 Å². The zero-order valence-electron chi connectivity index (χ0n) is 11.6. The van der Waals surface area contributed by atoms with Crippen molar-refractivity contribution in [3.05, 3.63) is 41.3 Å². The Balaban J connectivity index is 1.46. The summed E-state index contributed by atoms with van der Waals surface area (Å²) in [5.74, 6) is 4.71. The van der Waals surface area contributed by atoms with Crippen molar-refractivity contribution in [1.82, 2.24) is 0 Å². The van der Waals surface area contributed by atoms with Crippen LogP contribution in [0.1, 0.15) is 37.7 Å². The van der Waals surface area contributed by atoms with Crippen molar-refractivity contribution < 1.29 is 4.74 Å². The van der Waals surface area contributed by atoms with Gasteiger partial charge in [0.2, 0.25) is 0 Å². The van der Waals surface area contributed by atoms with E-state index >= 15 is 0 Å². The van der Waals surface area contributed by atoms with E-state index < -0.39 is 0 Å². The number of rotatable bonds is 1. The van der Waals surface area contributed by atoms with E-state index in [9.17, 15) is 0 Å². The average molecular weight is 284 g/mol. The highest BCUT2D eigenvalue weighted by molar-refractivity contribution is 8.03. The van der Waals surface area contributed by atoms with Crippen LogP contribution in [0.4, 0.5) is 0 Å². The molecule has 1 aliphatic heterocycles. The number of hydrogen-bond acceptors (Lipinski definition) is 2. The lowest BCUT2D eigenvalue weighted by molar-refractivity contribution is -0.110. The van der Waals surface area contributed by atoms with Gasteiger partial charge in [-0.25, -0.2) is 0 Å². The quantitative estimate of drug-likeness (QED) is 0.725. The van der Waals surface area contributed by atoms with Crippen molar-refractivity contribution in [2.45, 2.75) is 37.0 Å². The maximum atomic E-state index is 6.64. The van der Waals surface area contributed by atoms with Gasteiger partial charge in [-0.05, 0) is 43.9 Å². The standard InChI is InChI=1S/C18H20OS/c1-2-4-14(5-3-1)17-11-20-18(19-17)15-7-12-6-13(9-15)10-16(18)8-12/h1-5,11-13,15-16H,6-10H2. The Bertz CT molecular complexity index is 534. The second-order valence-electron chi connectivity index (χ2n) is 7.09. The van der Waals surface area contributed by atoms with Crippen LogP contribution in [0.25, 0.3) is 5.76 Å². The Labute approximate surface area is 124 Å². The molecule has 4 saturated carbocycles. The Morgan fingerprint density at radius 2 is 1.55 bits per heavy atom. The first-order valence-corrected chi connectivity index (χ1v) is 8.84. The molecule has 6 rings (SSSR count). The second-order valence-corrected chi connectivity index (χ2v) is 8.20. The molecule has 20 heavy (non-hydrogen) atoms. The minimum Gasteiger partial charge on any atom is -0.475 e. The minimum absolute atomic E-state index is 0.0958. The second kappa shape index (κ2) is 4.07. The lowest BCUT2D eigenvalue weighted by Gasteiger charge is -2.58. The lowest BCUT2D eigenvalue weighted by Crippen LogP contribution is -2.55. The molecule has 4 aliphatic carbocycles. The van der Waals surface area contributed by atoms with Gasteiger partial charge in [0.15, 0.2) is 4.93 Å². The van der Waals surface area contributed by atoms with E-state index in [0.717, 1.165) is 29.4 Å². The maximum absolute atomic E-state index is 6.64. The van der Waals surface area contributed by atoms with Gasteiger partial charge < -0.3 is 4.74 Å². The topological polar surface area (TPSA) is 9.23 Å². The fourth-order valence-corrected chi connectivity index (χ4v) is 6.68. The third kappa shape index (κ3) is 1.52. The lowest BCUT2D eigenvalue weighted by atomic mass is 9.54. The summed E-state index contributed by atoms with van der Waals surface area (Å²) in [5, 5.41) is 2.29. The van der Waals surface area contributed by atoms with Crippen LogP contribution in [0.3, 0.4) is 0 Å². The Morgan fingerprint density at radius 3 is 2.20 bits per heavy atom. The van der Waals surface area contributed by atoms with Gasteiger partial charge in [-0.2, -0.15) is 0 Å². The molecule has 2 heteroatoms. The van der Waals surface area contributed by atoms with Gasteiger partial charge in [0, 0.05) is 22.8 Å². The van der Waals surface area contributed by atoms with Crippen LogP contribution in [0.5, 0.6) is 0 Å². The van der Waals surface area contributed by atoms with Gasteiger partial charge in [-0.3, -0.25) is 0 Å². The number of hydrogen-bond donors (Lipinski definition) is 0. The molecule has 0 radical (unpaired) electrons. The van der Waals surface area contributed by atoms with E-state index in [1.165, 1.54) is 37.7 Å². The number of ether oxygens (including phenoxy) is 1. The Hall–Kier alpha value is -0.890. The molecular formula is C18H20OS.